The van der Waals surface area contributed by atoms with Gasteiger partial charge in [-0.05, 0) is 0 Å². The molecule has 1 rings (SSSR count). The molecule has 1 aromatic rings. The van der Waals surface area contributed by atoms with Crippen LogP contribution in [0, 0.1) is 6.07 Å². The van der Waals surface area contributed by atoms with E-state index >= 15 is 0 Å². The first kappa shape index (κ1) is 5.14. The van der Waals surface area contributed by atoms with Crippen LogP contribution in [0.1, 0.15) is 11.4 Å². The van der Waals surface area contributed by atoms with E-state index in [0.717, 1.165) is 0 Å². The molecule has 1 heterocycles. The zero-order valence-electron chi connectivity index (χ0n) is 4.27. The van der Waals surface area contributed by atoms with Gasteiger partial charge in [-0.25, -0.2) is 0 Å². The molecule has 0 atom stereocenters. The molecule has 0 spiro atoms. The summed E-state index contributed by atoms with van der Waals surface area (Å²) in [5.41, 5.74) is 0. The molecule has 7 heavy (non-hydrogen) atoms. The Labute approximate surface area is 49.9 Å². The summed E-state index contributed by atoms with van der Waals surface area (Å²) in [4.78, 5) is 2.20. The fraction of sp³-hybridized carbons (Fsp3) is 0.333. The van der Waals surface area contributed by atoms with Crippen molar-refractivity contribution in [1.82, 2.24) is 0 Å². The Balaban J connectivity index is 2.76. The quantitative estimate of drug-likeness (QED) is 0.537. The van der Waals surface area contributed by atoms with Gasteiger partial charge in [0.05, 0.1) is 0 Å². The number of rotatable bonds is 1. The summed E-state index contributed by atoms with van der Waals surface area (Å²) < 4.78 is 1.49. The number of hydrogen-bond donors (Lipinski definition) is 0. The SMILES string of the molecule is CCc1[c]cc[se]1. The van der Waals surface area contributed by atoms with Crippen molar-refractivity contribution in [1.29, 1.82) is 0 Å². The van der Waals surface area contributed by atoms with E-state index in [1.165, 1.54) is 10.9 Å². The van der Waals surface area contributed by atoms with Crippen LogP contribution in [-0.4, -0.2) is 14.5 Å². The maximum atomic E-state index is 3.17. The molecule has 0 amide bonds. The van der Waals surface area contributed by atoms with Gasteiger partial charge in [-0.1, -0.05) is 0 Å². The Morgan fingerprint density at radius 1 is 1.86 bits per heavy atom. The van der Waals surface area contributed by atoms with E-state index in [-0.39, 0.29) is 0 Å². The van der Waals surface area contributed by atoms with Crippen molar-refractivity contribution < 1.29 is 0 Å². The number of aryl methyl sites for hydroxylation is 1. The summed E-state index contributed by atoms with van der Waals surface area (Å²) in [6.45, 7) is 2.18. The molecule has 0 nitrogen and oxygen atoms in total. The van der Waals surface area contributed by atoms with Gasteiger partial charge in [0, 0.05) is 0 Å². The van der Waals surface area contributed by atoms with Crippen LogP contribution in [0.5, 0.6) is 0 Å². The fourth-order valence-electron chi connectivity index (χ4n) is 0.463. The molecule has 1 radical (unpaired) electrons. The van der Waals surface area contributed by atoms with Crippen LogP contribution in [-0.2, 0) is 6.42 Å². The first-order valence-electron chi connectivity index (χ1n) is 2.37. The van der Waals surface area contributed by atoms with Crippen LogP contribution in [0.25, 0.3) is 0 Å². The fourth-order valence-corrected chi connectivity index (χ4v) is 1.73. The summed E-state index contributed by atoms with van der Waals surface area (Å²) in [5.74, 6) is 0. The predicted molar refractivity (Wildman–Crippen MR) is 31.6 cm³/mol. The van der Waals surface area contributed by atoms with Crippen molar-refractivity contribution >= 4 is 14.5 Å². The van der Waals surface area contributed by atoms with Gasteiger partial charge in [-0.3, -0.25) is 0 Å². The second kappa shape index (κ2) is 2.34. The van der Waals surface area contributed by atoms with Crippen LogP contribution < -0.4 is 0 Å². The van der Waals surface area contributed by atoms with E-state index in [2.05, 4.69) is 17.9 Å². The normalized spacial score (nSPS) is 9.29. The molecular formula is C6H7Se. The summed E-state index contributed by atoms with van der Waals surface area (Å²) in [6, 6.07) is 5.20. The average molecular weight is 158 g/mol. The van der Waals surface area contributed by atoms with Gasteiger partial charge in [0.15, 0.2) is 0 Å². The summed E-state index contributed by atoms with van der Waals surface area (Å²) >= 11 is 0.661. The van der Waals surface area contributed by atoms with Crippen LogP contribution in [0.2, 0.25) is 0 Å². The minimum atomic E-state index is 0.661. The molecule has 0 saturated carbocycles. The van der Waals surface area contributed by atoms with E-state index < -0.39 is 0 Å². The zero-order valence-corrected chi connectivity index (χ0v) is 5.98. The van der Waals surface area contributed by atoms with Gasteiger partial charge < -0.3 is 0 Å². The van der Waals surface area contributed by atoms with Crippen LogP contribution in [0.3, 0.4) is 0 Å². The molecule has 0 unspecified atom stereocenters. The average Bonchev–Trinajstić information content (AvgIpc) is 2.14. The van der Waals surface area contributed by atoms with Gasteiger partial charge in [-0.15, -0.1) is 0 Å². The zero-order chi connectivity index (χ0) is 5.11. The predicted octanol–water partition coefficient (Wildman–Crippen LogP) is 1.11. The van der Waals surface area contributed by atoms with Crippen molar-refractivity contribution in [3.05, 3.63) is 21.5 Å². The maximum absolute atomic E-state index is 3.17. The van der Waals surface area contributed by atoms with Crippen molar-refractivity contribution in [3.8, 4) is 0 Å². The van der Waals surface area contributed by atoms with Crippen molar-refractivity contribution in [3.63, 3.8) is 0 Å². The molecule has 1 heteroatoms. The molecule has 0 aromatic carbocycles. The summed E-state index contributed by atoms with van der Waals surface area (Å²) in [5, 5.41) is 0. The van der Waals surface area contributed by atoms with Crippen LogP contribution >= 0.6 is 0 Å². The molecule has 0 aliphatic carbocycles. The summed E-state index contributed by atoms with van der Waals surface area (Å²) in [7, 11) is 0. The van der Waals surface area contributed by atoms with E-state index in [0.29, 0.717) is 14.5 Å². The van der Waals surface area contributed by atoms with E-state index in [1.807, 2.05) is 6.07 Å². The van der Waals surface area contributed by atoms with Crippen LogP contribution in [0.15, 0.2) is 11.0 Å². The first-order chi connectivity index (χ1) is 3.43. The topological polar surface area (TPSA) is 0 Å². The molecular weight excluding hydrogens is 151 g/mol. The van der Waals surface area contributed by atoms with Gasteiger partial charge in [0.25, 0.3) is 0 Å². The third-order valence-corrected chi connectivity index (χ3v) is 2.86. The molecule has 0 fully saturated rings. The van der Waals surface area contributed by atoms with Gasteiger partial charge >= 0.3 is 49.4 Å². The minimum absolute atomic E-state index is 0.661. The Morgan fingerprint density at radius 3 is 3.00 bits per heavy atom. The molecule has 0 aliphatic heterocycles. The van der Waals surface area contributed by atoms with Crippen LogP contribution in [0.4, 0.5) is 0 Å². The van der Waals surface area contributed by atoms with Crippen molar-refractivity contribution in [2.45, 2.75) is 13.3 Å². The Kier molecular flexibility index (Phi) is 1.72. The standard InChI is InChI=1S/C6H7Se/c1-2-6-4-3-5-7-6/h3,5H,2H2,1H3. The van der Waals surface area contributed by atoms with Crippen molar-refractivity contribution in [2.75, 3.05) is 0 Å². The van der Waals surface area contributed by atoms with Gasteiger partial charge in [0.2, 0.25) is 0 Å². The molecule has 0 bridgehead atoms. The van der Waals surface area contributed by atoms with E-state index in [4.69, 9.17) is 0 Å². The molecule has 0 saturated heterocycles. The third-order valence-electron chi connectivity index (χ3n) is 0.844. The second-order valence-electron chi connectivity index (χ2n) is 1.34. The second-order valence-corrected chi connectivity index (χ2v) is 3.44. The summed E-state index contributed by atoms with van der Waals surface area (Å²) in [6.07, 6.45) is 1.19. The third kappa shape index (κ3) is 1.18. The molecule has 37 valence electrons. The molecule has 1 aromatic heterocycles. The monoisotopic (exact) mass is 159 g/mol. The van der Waals surface area contributed by atoms with E-state index in [9.17, 15) is 0 Å². The van der Waals surface area contributed by atoms with E-state index in [1.54, 1.807) is 0 Å². The van der Waals surface area contributed by atoms with Gasteiger partial charge in [-0.2, -0.15) is 0 Å². The number of hydrogen-bond acceptors (Lipinski definition) is 0. The Hall–Kier alpha value is -0.000519. The van der Waals surface area contributed by atoms with Crippen molar-refractivity contribution in [2.24, 2.45) is 0 Å². The first-order valence-corrected chi connectivity index (χ1v) is 4.22. The molecule has 0 N–H and O–H groups in total. The van der Waals surface area contributed by atoms with Gasteiger partial charge in [0.1, 0.15) is 0 Å². The molecule has 0 aliphatic rings. The Morgan fingerprint density at radius 2 is 2.71 bits per heavy atom. The Bertz CT molecular complexity index is 119.